The summed E-state index contributed by atoms with van der Waals surface area (Å²) >= 11 is 0. The Morgan fingerprint density at radius 1 is 1.29 bits per heavy atom. The number of hydrogen-bond acceptors (Lipinski definition) is 3. The average Bonchev–Trinajstić information content (AvgIpc) is 3.26. The zero-order chi connectivity index (χ0) is 15.3. The first-order valence-electron chi connectivity index (χ1n) is 8.83. The maximum Gasteiger partial charge on any atom is 0.237 e. The Balaban J connectivity index is 1.72. The quantitative estimate of drug-likeness (QED) is 0.722. The fourth-order valence-corrected chi connectivity index (χ4v) is 3.46. The van der Waals surface area contributed by atoms with Crippen LogP contribution >= 0.6 is 0 Å². The number of amides is 1. The van der Waals surface area contributed by atoms with Gasteiger partial charge in [0.05, 0.1) is 5.54 Å². The Labute approximate surface area is 129 Å². The molecule has 21 heavy (non-hydrogen) atoms. The van der Waals surface area contributed by atoms with Crippen LogP contribution < -0.4 is 11.1 Å². The first-order chi connectivity index (χ1) is 10.0. The molecule has 122 valence electrons. The van der Waals surface area contributed by atoms with Crippen LogP contribution in [0.4, 0.5) is 0 Å². The molecule has 0 aromatic heterocycles. The third-order valence-corrected chi connectivity index (χ3v) is 5.31. The molecule has 1 amide bonds. The number of hydrogen-bond donors (Lipinski definition) is 2. The molecule has 1 aliphatic carbocycles. The summed E-state index contributed by atoms with van der Waals surface area (Å²) in [6.07, 6.45) is 9.65. The van der Waals surface area contributed by atoms with E-state index in [0.717, 1.165) is 25.3 Å². The van der Waals surface area contributed by atoms with Gasteiger partial charge in [-0.2, -0.15) is 0 Å². The van der Waals surface area contributed by atoms with E-state index in [0.29, 0.717) is 6.04 Å². The minimum absolute atomic E-state index is 0.198. The van der Waals surface area contributed by atoms with Gasteiger partial charge >= 0.3 is 0 Å². The number of primary amides is 1. The van der Waals surface area contributed by atoms with Gasteiger partial charge in [0.15, 0.2) is 0 Å². The minimum Gasteiger partial charge on any atom is -0.368 e. The van der Waals surface area contributed by atoms with Gasteiger partial charge in [-0.1, -0.05) is 13.3 Å². The van der Waals surface area contributed by atoms with Crippen molar-refractivity contribution >= 4 is 5.91 Å². The standard InChI is InChI=1S/C17H33N3O/c1-3-14-6-4-11-20(13-9-14)12-5-10-17(2,16(18)21)19-15-7-8-15/h14-15,19H,3-13H2,1-2H3,(H2,18,21). The lowest BCUT2D eigenvalue weighted by atomic mass is 9.94. The Bertz CT molecular complexity index is 343. The van der Waals surface area contributed by atoms with Crippen molar-refractivity contribution in [3.05, 3.63) is 0 Å². The second-order valence-electron chi connectivity index (χ2n) is 7.27. The number of nitrogens with two attached hydrogens (primary N) is 1. The highest BCUT2D eigenvalue weighted by Gasteiger charge is 2.36. The molecule has 0 spiro atoms. The highest BCUT2D eigenvalue weighted by atomic mass is 16.1. The van der Waals surface area contributed by atoms with E-state index in [1.165, 1.54) is 51.6 Å². The summed E-state index contributed by atoms with van der Waals surface area (Å²) in [5, 5.41) is 3.44. The largest absolute Gasteiger partial charge is 0.368 e. The molecule has 2 atom stereocenters. The molecule has 4 heteroatoms. The lowest BCUT2D eigenvalue weighted by Crippen LogP contribution is -2.54. The second kappa shape index (κ2) is 7.59. The van der Waals surface area contributed by atoms with E-state index in [-0.39, 0.29) is 5.91 Å². The Hall–Kier alpha value is -0.610. The molecule has 0 bridgehead atoms. The first kappa shape index (κ1) is 16.8. The Morgan fingerprint density at radius 2 is 2.05 bits per heavy atom. The van der Waals surface area contributed by atoms with Gasteiger partial charge in [0.25, 0.3) is 0 Å². The van der Waals surface area contributed by atoms with Crippen LogP contribution in [0.25, 0.3) is 0 Å². The topological polar surface area (TPSA) is 58.4 Å². The van der Waals surface area contributed by atoms with E-state index in [1.807, 2.05) is 6.92 Å². The fraction of sp³-hybridized carbons (Fsp3) is 0.941. The molecule has 3 N–H and O–H groups in total. The van der Waals surface area contributed by atoms with E-state index < -0.39 is 5.54 Å². The van der Waals surface area contributed by atoms with Crippen LogP contribution in [-0.2, 0) is 4.79 Å². The van der Waals surface area contributed by atoms with Gasteiger partial charge in [-0.25, -0.2) is 0 Å². The van der Waals surface area contributed by atoms with Gasteiger partial charge in [0, 0.05) is 6.04 Å². The van der Waals surface area contributed by atoms with Crippen LogP contribution in [0, 0.1) is 5.92 Å². The molecule has 2 unspecified atom stereocenters. The monoisotopic (exact) mass is 295 g/mol. The van der Waals surface area contributed by atoms with Crippen LogP contribution in [0.15, 0.2) is 0 Å². The highest BCUT2D eigenvalue weighted by molar-refractivity contribution is 5.84. The molecule has 2 rings (SSSR count). The van der Waals surface area contributed by atoms with Crippen LogP contribution in [0.3, 0.4) is 0 Å². The lowest BCUT2D eigenvalue weighted by Gasteiger charge is -2.29. The second-order valence-corrected chi connectivity index (χ2v) is 7.27. The summed E-state index contributed by atoms with van der Waals surface area (Å²) in [5.41, 5.74) is 5.10. The molecule has 0 aromatic carbocycles. The van der Waals surface area contributed by atoms with E-state index in [9.17, 15) is 4.79 Å². The molecule has 4 nitrogen and oxygen atoms in total. The van der Waals surface area contributed by atoms with Crippen molar-refractivity contribution in [1.82, 2.24) is 10.2 Å². The molecule has 1 saturated heterocycles. The summed E-state index contributed by atoms with van der Waals surface area (Å²) in [4.78, 5) is 14.3. The van der Waals surface area contributed by atoms with Crippen molar-refractivity contribution in [3.63, 3.8) is 0 Å². The molecule has 1 aliphatic heterocycles. The van der Waals surface area contributed by atoms with Gasteiger partial charge in [-0.05, 0) is 77.4 Å². The predicted octanol–water partition coefficient (Wildman–Crippen LogP) is 2.27. The molecular formula is C17H33N3O. The van der Waals surface area contributed by atoms with Gasteiger partial charge in [0.1, 0.15) is 0 Å². The third-order valence-electron chi connectivity index (χ3n) is 5.31. The molecule has 1 saturated carbocycles. The molecule has 0 aromatic rings. The van der Waals surface area contributed by atoms with E-state index >= 15 is 0 Å². The molecule has 1 heterocycles. The van der Waals surface area contributed by atoms with Gasteiger partial charge < -0.3 is 16.0 Å². The molecule has 2 aliphatic rings. The zero-order valence-corrected chi connectivity index (χ0v) is 13.9. The van der Waals surface area contributed by atoms with Crippen molar-refractivity contribution < 1.29 is 4.79 Å². The maximum absolute atomic E-state index is 11.7. The van der Waals surface area contributed by atoms with Gasteiger partial charge in [0.2, 0.25) is 5.91 Å². The van der Waals surface area contributed by atoms with Crippen molar-refractivity contribution in [2.45, 2.75) is 76.8 Å². The summed E-state index contributed by atoms with van der Waals surface area (Å²) in [6.45, 7) is 7.83. The third kappa shape index (κ3) is 5.26. The molecular weight excluding hydrogens is 262 g/mol. The number of nitrogens with one attached hydrogen (secondary N) is 1. The van der Waals surface area contributed by atoms with Crippen molar-refractivity contribution in [2.24, 2.45) is 11.7 Å². The zero-order valence-electron chi connectivity index (χ0n) is 13.9. The Morgan fingerprint density at radius 3 is 2.67 bits per heavy atom. The van der Waals surface area contributed by atoms with Gasteiger partial charge in [-0.3, -0.25) is 4.79 Å². The minimum atomic E-state index is -0.515. The smallest absolute Gasteiger partial charge is 0.237 e. The summed E-state index contributed by atoms with van der Waals surface area (Å²) in [6, 6.07) is 0.519. The van der Waals surface area contributed by atoms with Crippen molar-refractivity contribution in [1.29, 1.82) is 0 Å². The van der Waals surface area contributed by atoms with E-state index in [2.05, 4.69) is 17.1 Å². The maximum atomic E-state index is 11.7. The van der Waals surface area contributed by atoms with Crippen molar-refractivity contribution in [3.8, 4) is 0 Å². The highest BCUT2D eigenvalue weighted by Crippen LogP contribution is 2.25. The van der Waals surface area contributed by atoms with Crippen molar-refractivity contribution in [2.75, 3.05) is 19.6 Å². The number of rotatable bonds is 8. The normalized spacial score (nSPS) is 27.0. The SMILES string of the molecule is CCC1CCCN(CCCC(C)(NC2CC2)C(N)=O)CC1. The van der Waals surface area contributed by atoms with Crippen LogP contribution in [-0.4, -0.2) is 42.0 Å². The van der Waals surface area contributed by atoms with Gasteiger partial charge in [-0.15, -0.1) is 0 Å². The average molecular weight is 295 g/mol. The first-order valence-corrected chi connectivity index (χ1v) is 8.83. The summed E-state index contributed by atoms with van der Waals surface area (Å²) in [5.74, 6) is 0.721. The van der Waals surface area contributed by atoms with E-state index in [1.54, 1.807) is 0 Å². The molecule has 2 fully saturated rings. The summed E-state index contributed by atoms with van der Waals surface area (Å²) < 4.78 is 0. The number of carbonyl (C=O) groups is 1. The number of carbonyl (C=O) groups excluding carboxylic acids is 1. The predicted molar refractivity (Wildman–Crippen MR) is 87.1 cm³/mol. The Kier molecular flexibility index (Phi) is 6.06. The summed E-state index contributed by atoms with van der Waals surface area (Å²) in [7, 11) is 0. The van der Waals surface area contributed by atoms with Crippen LogP contribution in [0.5, 0.6) is 0 Å². The van der Waals surface area contributed by atoms with Crippen LogP contribution in [0.1, 0.15) is 65.2 Å². The fourth-order valence-electron chi connectivity index (χ4n) is 3.46. The molecule has 0 radical (unpaired) electrons. The van der Waals surface area contributed by atoms with Crippen LogP contribution in [0.2, 0.25) is 0 Å². The van der Waals surface area contributed by atoms with E-state index in [4.69, 9.17) is 5.73 Å². The lowest BCUT2D eigenvalue weighted by molar-refractivity contribution is -0.124. The number of likely N-dealkylation sites (tertiary alicyclic amines) is 1. The number of nitrogens with zero attached hydrogens (tertiary/aromatic N) is 1.